The first-order valence-electron chi connectivity index (χ1n) is 18.1. The SMILES string of the molecule is COc1ccc(CC(NC[C@H]2O[C@@H](n3cnc4c(=O)[nH]c(NC(=O)C(C)C)nc43)[C@@](O)(C3CCCCO3)[C@@H]2O)(c2ccccc2)c2ccccc2)cc1. The molecule has 2 saturated heterocycles. The summed E-state index contributed by atoms with van der Waals surface area (Å²) in [6.07, 6.45) is -0.398. The van der Waals surface area contributed by atoms with Crippen molar-refractivity contribution in [3.63, 3.8) is 0 Å². The number of aliphatic hydroxyl groups excluding tert-OH is 1. The van der Waals surface area contributed by atoms with Gasteiger partial charge in [0.2, 0.25) is 11.9 Å². The molecule has 13 nitrogen and oxygen atoms in total. The average Bonchev–Trinajstić information content (AvgIpc) is 3.72. The third kappa shape index (κ3) is 6.98. The Morgan fingerprint density at radius 1 is 1.06 bits per heavy atom. The minimum atomic E-state index is -1.95. The first kappa shape index (κ1) is 36.4. The summed E-state index contributed by atoms with van der Waals surface area (Å²) in [7, 11) is 1.64. The van der Waals surface area contributed by atoms with Gasteiger partial charge in [-0.05, 0) is 54.5 Å². The number of aliphatic hydroxyl groups is 2. The molecule has 2 fully saturated rings. The summed E-state index contributed by atoms with van der Waals surface area (Å²) in [6, 6.07) is 28.1. The van der Waals surface area contributed by atoms with Gasteiger partial charge in [0.1, 0.15) is 18.0 Å². The number of hydrogen-bond acceptors (Lipinski definition) is 10. The molecule has 0 spiro atoms. The van der Waals surface area contributed by atoms with Crippen LogP contribution in [0.4, 0.5) is 5.95 Å². The summed E-state index contributed by atoms with van der Waals surface area (Å²) in [5.74, 6) is -0.00690. The third-order valence-corrected chi connectivity index (χ3v) is 10.4. The molecule has 278 valence electrons. The fraction of sp³-hybridized carbons (Fsp3) is 0.400. The van der Waals surface area contributed by atoms with Gasteiger partial charge < -0.3 is 29.7 Å². The van der Waals surface area contributed by atoms with Crippen LogP contribution in [0.25, 0.3) is 11.2 Å². The lowest BCUT2D eigenvalue weighted by atomic mass is 9.77. The topological polar surface area (TPSA) is 173 Å². The second-order valence-corrected chi connectivity index (χ2v) is 14.1. The zero-order valence-electron chi connectivity index (χ0n) is 30.1. The van der Waals surface area contributed by atoms with Crippen molar-refractivity contribution in [2.24, 2.45) is 5.92 Å². The van der Waals surface area contributed by atoms with Gasteiger partial charge in [0, 0.05) is 19.1 Å². The molecule has 1 amide bonds. The Balaban J connectivity index is 1.28. The van der Waals surface area contributed by atoms with Gasteiger partial charge in [0.05, 0.1) is 25.1 Å². The number of nitrogens with zero attached hydrogens (tertiary/aromatic N) is 3. The van der Waals surface area contributed by atoms with E-state index in [1.807, 2.05) is 60.7 Å². The minimum Gasteiger partial charge on any atom is -0.497 e. The van der Waals surface area contributed by atoms with Gasteiger partial charge in [-0.2, -0.15) is 4.98 Å². The highest BCUT2D eigenvalue weighted by Crippen LogP contribution is 2.45. The Labute approximate surface area is 307 Å². The van der Waals surface area contributed by atoms with E-state index >= 15 is 0 Å². The Kier molecular flexibility index (Phi) is 10.5. The largest absolute Gasteiger partial charge is 0.497 e. The lowest BCUT2D eigenvalue weighted by Gasteiger charge is -2.40. The molecule has 5 aromatic rings. The number of methoxy groups -OCH3 is 1. The van der Waals surface area contributed by atoms with Crippen molar-refractivity contribution >= 4 is 23.0 Å². The standard InChI is InChI=1S/C40H46N6O7/c1-25(2)35(48)44-38-43-34-32(36(49)45-38)41-24-46(34)37-40(50,31-16-10-11-21-52-31)33(47)30(53-37)23-42-39(27-12-6-4-7-13-27,28-14-8-5-9-15-28)22-26-17-19-29(51-3)20-18-26/h4-9,12-15,17-20,24-25,30-31,33,37,42,47,50H,10-11,16,21-23H2,1-3H3,(H2,43,44,45,48,49)/t30-,31?,33-,37-,40-/m1/s1. The van der Waals surface area contributed by atoms with E-state index in [9.17, 15) is 19.8 Å². The molecule has 0 radical (unpaired) electrons. The number of ether oxygens (including phenoxy) is 3. The van der Waals surface area contributed by atoms with Crippen molar-refractivity contribution in [2.75, 3.05) is 25.6 Å². The van der Waals surface area contributed by atoms with Gasteiger partial charge in [-0.1, -0.05) is 86.6 Å². The fourth-order valence-corrected chi connectivity index (χ4v) is 7.52. The molecule has 13 heteroatoms. The van der Waals surface area contributed by atoms with Gasteiger partial charge in [-0.3, -0.25) is 24.5 Å². The van der Waals surface area contributed by atoms with Gasteiger partial charge in [-0.15, -0.1) is 0 Å². The van der Waals surface area contributed by atoms with Crippen molar-refractivity contribution < 1.29 is 29.2 Å². The smallest absolute Gasteiger partial charge is 0.280 e. The number of H-pyrrole nitrogens is 1. The number of aromatic amines is 1. The molecular weight excluding hydrogens is 676 g/mol. The molecule has 5 atom stereocenters. The Bertz CT molecular complexity index is 2030. The van der Waals surface area contributed by atoms with E-state index in [0.29, 0.717) is 19.4 Å². The molecule has 2 aliphatic heterocycles. The number of aromatic nitrogens is 4. The third-order valence-electron chi connectivity index (χ3n) is 10.4. The molecule has 5 N–H and O–H groups in total. The van der Waals surface area contributed by atoms with Crippen LogP contribution in [-0.2, 0) is 26.2 Å². The second kappa shape index (κ2) is 15.2. The summed E-state index contributed by atoms with van der Waals surface area (Å²) in [5.41, 5.74) is -0.210. The summed E-state index contributed by atoms with van der Waals surface area (Å²) in [5, 5.41) is 31.3. The number of imidazole rings is 1. The fourth-order valence-electron chi connectivity index (χ4n) is 7.52. The van der Waals surface area contributed by atoms with Crippen LogP contribution in [0.5, 0.6) is 5.75 Å². The predicted octanol–water partition coefficient (Wildman–Crippen LogP) is 4.06. The van der Waals surface area contributed by atoms with Gasteiger partial charge in [0.25, 0.3) is 5.56 Å². The minimum absolute atomic E-state index is 0.00853. The molecule has 0 aliphatic carbocycles. The number of nitrogens with one attached hydrogen (secondary N) is 3. The van der Waals surface area contributed by atoms with E-state index < -0.39 is 41.2 Å². The van der Waals surface area contributed by atoms with E-state index in [-0.39, 0.29) is 35.5 Å². The second-order valence-electron chi connectivity index (χ2n) is 14.1. The highest BCUT2D eigenvalue weighted by molar-refractivity contribution is 5.91. The zero-order chi connectivity index (χ0) is 37.2. The maximum atomic E-state index is 13.1. The van der Waals surface area contributed by atoms with Gasteiger partial charge >= 0.3 is 0 Å². The van der Waals surface area contributed by atoms with Crippen molar-refractivity contribution in [2.45, 2.75) is 75.2 Å². The summed E-state index contributed by atoms with van der Waals surface area (Å²) in [4.78, 5) is 37.0. The molecule has 7 rings (SSSR count). The normalized spacial score (nSPS) is 23.4. The van der Waals surface area contributed by atoms with Crippen LogP contribution in [0.3, 0.4) is 0 Å². The summed E-state index contributed by atoms with van der Waals surface area (Å²) in [6.45, 7) is 3.98. The molecule has 0 bridgehead atoms. The Morgan fingerprint density at radius 3 is 2.34 bits per heavy atom. The van der Waals surface area contributed by atoms with Crippen molar-refractivity contribution in [3.8, 4) is 5.75 Å². The molecule has 53 heavy (non-hydrogen) atoms. The van der Waals surface area contributed by atoms with E-state index in [1.54, 1.807) is 21.0 Å². The first-order chi connectivity index (χ1) is 25.6. The van der Waals surface area contributed by atoms with Crippen LogP contribution < -0.4 is 20.9 Å². The molecule has 0 saturated carbocycles. The van der Waals surface area contributed by atoms with Crippen LogP contribution in [0.2, 0.25) is 0 Å². The number of rotatable bonds is 12. The quantitative estimate of drug-likeness (QED) is 0.127. The zero-order valence-corrected chi connectivity index (χ0v) is 30.1. The van der Waals surface area contributed by atoms with Crippen molar-refractivity contribution in [1.29, 1.82) is 0 Å². The number of carbonyl (C=O) groups is 1. The molecule has 4 heterocycles. The summed E-state index contributed by atoms with van der Waals surface area (Å²) >= 11 is 0. The lowest BCUT2D eigenvalue weighted by Crippen LogP contribution is -2.58. The van der Waals surface area contributed by atoms with Crippen LogP contribution in [0.1, 0.15) is 56.0 Å². The maximum absolute atomic E-state index is 13.1. The Morgan fingerprint density at radius 2 is 1.74 bits per heavy atom. The van der Waals surface area contributed by atoms with Crippen molar-refractivity contribution in [3.05, 3.63) is 118 Å². The highest BCUT2D eigenvalue weighted by Gasteiger charge is 2.61. The van der Waals surface area contributed by atoms with Gasteiger partial charge in [0.15, 0.2) is 23.0 Å². The Hall–Kier alpha value is -4.92. The number of anilines is 1. The van der Waals surface area contributed by atoms with Crippen LogP contribution in [0, 0.1) is 5.92 Å². The van der Waals surface area contributed by atoms with E-state index in [0.717, 1.165) is 35.3 Å². The highest BCUT2D eigenvalue weighted by atomic mass is 16.6. The van der Waals surface area contributed by atoms with Crippen molar-refractivity contribution in [1.82, 2.24) is 24.8 Å². The average molecular weight is 723 g/mol. The first-order valence-corrected chi connectivity index (χ1v) is 18.1. The molecule has 2 aromatic heterocycles. The number of hydrogen-bond donors (Lipinski definition) is 5. The van der Waals surface area contributed by atoms with Crippen LogP contribution in [-0.4, -0.2) is 79.8 Å². The van der Waals surface area contributed by atoms with Crippen LogP contribution >= 0.6 is 0 Å². The number of fused-ring (bicyclic) bond motifs is 1. The summed E-state index contributed by atoms with van der Waals surface area (Å²) < 4.78 is 19.7. The monoisotopic (exact) mass is 722 g/mol. The predicted molar refractivity (Wildman–Crippen MR) is 198 cm³/mol. The van der Waals surface area contributed by atoms with E-state index in [4.69, 9.17) is 14.2 Å². The molecule has 1 unspecified atom stereocenters. The molecule has 3 aromatic carbocycles. The van der Waals surface area contributed by atoms with Crippen LogP contribution in [0.15, 0.2) is 96.1 Å². The number of amides is 1. The maximum Gasteiger partial charge on any atom is 0.280 e. The molecular formula is C40H46N6O7. The lowest BCUT2D eigenvalue weighted by molar-refractivity contribution is -0.197. The van der Waals surface area contributed by atoms with Gasteiger partial charge in [-0.25, -0.2) is 4.98 Å². The number of benzene rings is 3. The van der Waals surface area contributed by atoms with E-state index in [2.05, 4.69) is 49.9 Å². The number of carbonyl (C=O) groups excluding carboxylic acids is 1. The van der Waals surface area contributed by atoms with E-state index in [1.165, 1.54) is 10.9 Å². The molecule has 2 aliphatic rings.